The molecule has 0 aliphatic heterocycles. The molecule has 1 N–H and O–H groups in total. The van der Waals surface area contributed by atoms with Gasteiger partial charge in [-0.2, -0.15) is 0 Å². The number of nitrogens with one attached hydrogen (secondary N) is 1. The molecule has 1 amide bonds. The molecule has 0 aromatic heterocycles. The van der Waals surface area contributed by atoms with Crippen molar-refractivity contribution < 1.29 is 9.53 Å². The highest BCUT2D eigenvalue weighted by atomic mass is 16.5. The fourth-order valence-corrected chi connectivity index (χ4v) is 7.07. The fourth-order valence-electron chi connectivity index (χ4n) is 7.07. The Labute approximate surface area is 151 Å². The van der Waals surface area contributed by atoms with Crippen molar-refractivity contribution in [3.63, 3.8) is 0 Å². The Morgan fingerprint density at radius 3 is 2.44 bits per heavy atom. The molecule has 2 unspecified atom stereocenters. The zero-order valence-electron chi connectivity index (χ0n) is 15.9. The SMILES string of the molecule is COCc1cccc(CNC(=O)C23CC4CC(C)(CC(C)(C4)C2)C3)c1. The van der Waals surface area contributed by atoms with Crippen LogP contribution >= 0.6 is 0 Å². The van der Waals surface area contributed by atoms with E-state index in [1.54, 1.807) is 7.11 Å². The minimum atomic E-state index is -0.118. The molecule has 3 heteroatoms. The molecule has 136 valence electrons. The van der Waals surface area contributed by atoms with Gasteiger partial charge in [0, 0.05) is 13.7 Å². The van der Waals surface area contributed by atoms with Gasteiger partial charge < -0.3 is 10.1 Å². The predicted molar refractivity (Wildman–Crippen MR) is 98.8 cm³/mol. The van der Waals surface area contributed by atoms with Crippen molar-refractivity contribution in [1.29, 1.82) is 0 Å². The second-order valence-corrected chi connectivity index (χ2v) is 9.85. The molecule has 0 saturated heterocycles. The highest BCUT2D eigenvalue weighted by molar-refractivity contribution is 5.83. The van der Waals surface area contributed by atoms with Crippen molar-refractivity contribution in [2.24, 2.45) is 22.2 Å². The van der Waals surface area contributed by atoms with Crippen molar-refractivity contribution in [3.8, 4) is 0 Å². The molecule has 2 atom stereocenters. The van der Waals surface area contributed by atoms with E-state index in [1.807, 2.05) is 6.07 Å². The highest BCUT2D eigenvalue weighted by Gasteiger charge is 2.62. The average Bonchev–Trinajstić information content (AvgIpc) is 2.50. The lowest BCUT2D eigenvalue weighted by molar-refractivity contribution is -0.170. The lowest BCUT2D eigenvalue weighted by Crippen LogP contribution is -2.59. The third-order valence-corrected chi connectivity index (χ3v) is 6.86. The molecule has 4 saturated carbocycles. The lowest BCUT2D eigenvalue weighted by Gasteiger charge is -2.64. The number of hydrogen-bond donors (Lipinski definition) is 1. The Morgan fingerprint density at radius 2 is 1.80 bits per heavy atom. The first-order chi connectivity index (χ1) is 11.8. The standard InChI is InChI=1S/C22H31NO2/c1-20-8-18-9-21(2,13-20)15-22(10-18,14-20)19(24)23-11-16-5-4-6-17(7-16)12-25-3/h4-7,18H,8-15H2,1-3H3,(H,23,24). The molecular weight excluding hydrogens is 310 g/mol. The van der Waals surface area contributed by atoms with Gasteiger partial charge in [0.25, 0.3) is 0 Å². The minimum absolute atomic E-state index is 0.118. The van der Waals surface area contributed by atoms with E-state index in [4.69, 9.17) is 4.74 Å². The zero-order valence-corrected chi connectivity index (χ0v) is 15.9. The molecule has 5 rings (SSSR count). The number of carbonyl (C=O) groups is 1. The number of hydrogen-bond acceptors (Lipinski definition) is 2. The van der Waals surface area contributed by atoms with Gasteiger partial charge in [-0.15, -0.1) is 0 Å². The molecule has 4 fully saturated rings. The van der Waals surface area contributed by atoms with Crippen LogP contribution in [-0.2, 0) is 22.7 Å². The zero-order chi connectivity index (χ0) is 17.7. The Kier molecular flexibility index (Phi) is 3.99. The third-order valence-electron chi connectivity index (χ3n) is 6.86. The first-order valence-corrected chi connectivity index (χ1v) is 9.69. The number of benzene rings is 1. The Balaban J connectivity index is 1.47. The quantitative estimate of drug-likeness (QED) is 0.859. The van der Waals surface area contributed by atoms with Crippen molar-refractivity contribution in [2.45, 2.75) is 65.5 Å². The summed E-state index contributed by atoms with van der Waals surface area (Å²) in [7, 11) is 1.71. The molecule has 3 nitrogen and oxygen atoms in total. The second kappa shape index (κ2) is 5.84. The van der Waals surface area contributed by atoms with Gasteiger partial charge in [0.2, 0.25) is 5.91 Å². The highest BCUT2D eigenvalue weighted by Crippen LogP contribution is 2.69. The maximum absolute atomic E-state index is 13.2. The molecule has 25 heavy (non-hydrogen) atoms. The Morgan fingerprint density at radius 1 is 1.12 bits per heavy atom. The maximum atomic E-state index is 13.2. The van der Waals surface area contributed by atoms with Crippen LogP contribution in [0.2, 0.25) is 0 Å². The van der Waals surface area contributed by atoms with E-state index in [0.29, 0.717) is 29.9 Å². The summed E-state index contributed by atoms with van der Waals surface area (Å²) in [6.45, 7) is 6.08. The van der Waals surface area contributed by atoms with Gasteiger partial charge >= 0.3 is 0 Å². The summed E-state index contributed by atoms with van der Waals surface area (Å²) >= 11 is 0. The van der Waals surface area contributed by atoms with E-state index in [0.717, 1.165) is 36.3 Å². The van der Waals surface area contributed by atoms with Gasteiger partial charge in [0.15, 0.2) is 0 Å². The number of methoxy groups -OCH3 is 1. The summed E-state index contributed by atoms with van der Waals surface area (Å²) in [4.78, 5) is 13.2. The monoisotopic (exact) mass is 341 g/mol. The Bertz CT molecular complexity index is 664. The van der Waals surface area contributed by atoms with Gasteiger partial charge in [-0.3, -0.25) is 4.79 Å². The van der Waals surface area contributed by atoms with E-state index in [9.17, 15) is 4.79 Å². The summed E-state index contributed by atoms with van der Waals surface area (Å²) in [6, 6.07) is 8.33. The van der Waals surface area contributed by atoms with Gasteiger partial charge in [-0.25, -0.2) is 0 Å². The van der Waals surface area contributed by atoms with Crippen LogP contribution in [-0.4, -0.2) is 13.0 Å². The number of rotatable bonds is 5. The van der Waals surface area contributed by atoms with Crippen molar-refractivity contribution in [3.05, 3.63) is 35.4 Å². The molecule has 4 aliphatic rings. The topological polar surface area (TPSA) is 38.3 Å². The molecular formula is C22H31NO2. The van der Waals surface area contributed by atoms with Crippen LogP contribution in [0.5, 0.6) is 0 Å². The van der Waals surface area contributed by atoms with Crippen LogP contribution in [0.25, 0.3) is 0 Å². The van der Waals surface area contributed by atoms with E-state index < -0.39 is 0 Å². The summed E-state index contributed by atoms with van der Waals surface area (Å²) in [5.41, 5.74) is 2.95. The van der Waals surface area contributed by atoms with Gasteiger partial charge in [0.1, 0.15) is 0 Å². The summed E-state index contributed by atoms with van der Waals surface area (Å²) in [5, 5.41) is 3.28. The van der Waals surface area contributed by atoms with Crippen LogP contribution in [0.4, 0.5) is 0 Å². The molecule has 0 heterocycles. The smallest absolute Gasteiger partial charge is 0.226 e. The van der Waals surface area contributed by atoms with Gasteiger partial charge in [-0.05, 0) is 66.4 Å². The normalized spacial score (nSPS) is 38.8. The summed E-state index contributed by atoms with van der Waals surface area (Å²) < 4.78 is 5.21. The molecule has 0 spiro atoms. The average molecular weight is 341 g/mol. The maximum Gasteiger partial charge on any atom is 0.226 e. The number of carbonyl (C=O) groups excluding carboxylic acids is 1. The lowest BCUT2D eigenvalue weighted by atomic mass is 9.40. The molecule has 0 radical (unpaired) electrons. The Hall–Kier alpha value is -1.35. The molecule has 1 aromatic carbocycles. The van der Waals surface area contributed by atoms with Crippen LogP contribution in [0, 0.1) is 22.2 Å². The molecule has 1 aromatic rings. The predicted octanol–water partition coefficient (Wildman–Crippen LogP) is 4.45. The number of ether oxygens (including phenoxy) is 1. The van der Waals surface area contributed by atoms with E-state index in [-0.39, 0.29) is 5.41 Å². The minimum Gasteiger partial charge on any atom is -0.380 e. The second-order valence-electron chi connectivity index (χ2n) is 9.85. The largest absolute Gasteiger partial charge is 0.380 e. The first-order valence-electron chi connectivity index (χ1n) is 9.69. The summed E-state index contributed by atoms with van der Waals surface area (Å²) in [5.74, 6) is 1.05. The third kappa shape index (κ3) is 3.12. The number of amides is 1. The van der Waals surface area contributed by atoms with Crippen molar-refractivity contribution in [1.82, 2.24) is 5.32 Å². The van der Waals surface area contributed by atoms with Crippen LogP contribution in [0.15, 0.2) is 24.3 Å². The van der Waals surface area contributed by atoms with Crippen molar-refractivity contribution in [2.75, 3.05) is 7.11 Å². The summed E-state index contributed by atoms with van der Waals surface area (Å²) in [6.07, 6.45) is 7.25. The first kappa shape index (κ1) is 17.1. The van der Waals surface area contributed by atoms with E-state index in [2.05, 4.69) is 37.4 Å². The molecule has 4 bridgehead atoms. The van der Waals surface area contributed by atoms with E-state index in [1.165, 1.54) is 19.3 Å². The van der Waals surface area contributed by atoms with Gasteiger partial charge in [0.05, 0.1) is 12.0 Å². The van der Waals surface area contributed by atoms with Crippen LogP contribution in [0.3, 0.4) is 0 Å². The van der Waals surface area contributed by atoms with Crippen LogP contribution in [0.1, 0.15) is 63.5 Å². The van der Waals surface area contributed by atoms with Gasteiger partial charge in [-0.1, -0.05) is 38.1 Å². The molecule has 4 aliphatic carbocycles. The van der Waals surface area contributed by atoms with Crippen molar-refractivity contribution >= 4 is 5.91 Å². The van der Waals surface area contributed by atoms with E-state index >= 15 is 0 Å². The van der Waals surface area contributed by atoms with Crippen LogP contribution < -0.4 is 5.32 Å². The fraction of sp³-hybridized carbons (Fsp3) is 0.682.